The molecule has 0 heterocycles. The Balaban J connectivity index is 2.40. The van der Waals surface area contributed by atoms with E-state index in [2.05, 4.69) is 63.2 Å². The van der Waals surface area contributed by atoms with Gasteiger partial charge in [-0.3, -0.25) is 0 Å². The largest absolute Gasteiger partial charge is 0.113 e. The van der Waals surface area contributed by atoms with Gasteiger partial charge in [0.05, 0.1) is 5.38 Å². The molecule has 2 rings (SSSR count). The van der Waals surface area contributed by atoms with E-state index >= 15 is 0 Å². The average molecular weight is 287 g/mol. The van der Waals surface area contributed by atoms with Gasteiger partial charge in [-0.1, -0.05) is 63.2 Å². The molecule has 106 valence electrons. The third-order valence-corrected chi connectivity index (χ3v) is 4.48. The second-order valence-electron chi connectivity index (χ2n) is 5.15. The number of hydrogen-bond donors (Lipinski definition) is 0. The lowest BCUT2D eigenvalue weighted by atomic mass is 9.94. The number of halogens is 1. The van der Waals surface area contributed by atoms with Crippen molar-refractivity contribution in [3.8, 4) is 0 Å². The van der Waals surface area contributed by atoms with Crippen LogP contribution in [-0.2, 0) is 19.3 Å². The Morgan fingerprint density at radius 2 is 1.45 bits per heavy atom. The summed E-state index contributed by atoms with van der Waals surface area (Å²) in [5, 5.41) is -0.0534. The summed E-state index contributed by atoms with van der Waals surface area (Å²) in [6, 6.07) is 15.2. The van der Waals surface area contributed by atoms with Crippen LogP contribution in [0, 0.1) is 0 Å². The van der Waals surface area contributed by atoms with E-state index in [1.807, 2.05) is 0 Å². The molecule has 0 spiro atoms. The summed E-state index contributed by atoms with van der Waals surface area (Å²) in [7, 11) is 0. The number of benzene rings is 2. The third kappa shape index (κ3) is 3.07. The summed E-state index contributed by atoms with van der Waals surface area (Å²) in [5.74, 6) is 0. The minimum atomic E-state index is -0.0534. The first-order valence-electron chi connectivity index (χ1n) is 7.54. The van der Waals surface area contributed by atoms with Crippen molar-refractivity contribution >= 4 is 11.6 Å². The lowest BCUT2D eigenvalue weighted by Gasteiger charge is -2.16. The summed E-state index contributed by atoms with van der Waals surface area (Å²) in [5.41, 5.74) is 6.64. The van der Waals surface area contributed by atoms with E-state index in [4.69, 9.17) is 11.6 Å². The van der Waals surface area contributed by atoms with Gasteiger partial charge in [0.25, 0.3) is 0 Å². The van der Waals surface area contributed by atoms with Crippen LogP contribution in [-0.4, -0.2) is 0 Å². The Morgan fingerprint density at radius 3 is 2.10 bits per heavy atom. The maximum Gasteiger partial charge on any atom is 0.0838 e. The maximum absolute atomic E-state index is 6.74. The van der Waals surface area contributed by atoms with Crippen molar-refractivity contribution in [2.75, 3.05) is 0 Å². The predicted octanol–water partition coefficient (Wildman–Crippen LogP) is 5.70. The molecule has 1 heteroatoms. The minimum Gasteiger partial charge on any atom is -0.113 e. The second-order valence-corrected chi connectivity index (χ2v) is 5.59. The van der Waals surface area contributed by atoms with Gasteiger partial charge in [-0.05, 0) is 47.1 Å². The maximum atomic E-state index is 6.74. The molecular weight excluding hydrogens is 264 g/mol. The Kier molecular flexibility index (Phi) is 5.25. The highest BCUT2D eigenvalue weighted by molar-refractivity contribution is 6.22. The zero-order chi connectivity index (χ0) is 14.5. The summed E-state index contributed by atoms with van der Waals surface area (Å²) < 4.78 is 0. The molecule has 0 aliphatic rings. The van der Waals surface area contributed by atoms with Gasteiger partial charge >= 0.3 is 0 Å². The molecule has 2 aromatic carbocycles. The van der Waals surface area contributed by atoms with E-state index in [0.29, 0.717) is 0 Å². The van der Waals surface area contributed by atoms with Gasteiger partial charge in [0.15, 0.2) is 0 Å². The van der Waals surface area contributed by atoms with Crippen molar-refractivity contribution in [2.24, 2.45) is 0 Å². The Hall–Kier alpha value is -1.27. The molecule has 0 fully saturated rings. The van der Waals surface area contributed by atoms with E-state index in [1.54, 1.807) is 0 Å². The highest BCUT2D eigenvalue weighted by atomic mass is 35.5. The zero-order valence-corrected chi connectivity index (χ0v) is 13.4. The average Bonchev–Trinajstić information content (AvgIpc) is 2.53. The fraction of sp³-hybridized carbons (Fsp3) is 0.368. The van der Waals surface area contributed by atoms with E-state index in [9.17, 15) is 0 Å². The molecule has 0 aliphatic carbocycles. The molecule has 2 aromatic rings. The SMILES string of the molecule is CCc1ccc(C(Cl)c2ccccc2CC)cc1CC. The van der Waals surface area contributed by atoms with Crippen molar-refractivity contribution in [1.29, 1.82) is 0 Å². The summed E-state index contributed by atoms with van der Waals surface area (Å²) >= 11 is 6.74. The highest BCUT2D eigenvalue weighted by Gasteiger charge is 2.14. The molecule has 0 nitrogen and oxygen atoms in total. The fourth-order valence-electron chi connectivity index (χ4n) is 2.76. The van der Waals surface area contributed by atoms with Crippen LogP contribution in [0.4, 0.5) is 0 Å². The second kappa shape index (κ2) is 6.95. The van der Waals surface area contributed by atoms with Gasteiger partial charge in [-0.25, -0.2) is 0 Å². The van der Waals surface area contributed by atoms with E-state index in [-0.39, 0.29) is 5.38 Å². The standard InChI is InChI=1S/C19H23Cl/c1-4-14-11-12-17(13-16(14)6-3)19(20)18-10-8-7-9-15(18)5-2/h7-13,19H,4-6H2,1-3H3. The van der Waals surface area contributed by atoms with Crippen molar-refractivity contribution < 1.29 is 0 Å². The molecule has 0 radical (unpaired) electrons. The number of rotatable bonds is 5. The molecule has 1 atom stereocenters. The van der Waals surface area contributed by atoms with Gasteiger partial charge in [0.2, 0.25) is 0 Å². The Labute approximate surface area is 127 Å². The summed E-state index contributed by atoms with van der Waals surface area (Å²) in [6.07, 6.45) is 3.17. The topological polar surface area (TPSA) is 0 Å². The molecule has 0 N–H and O–H groups in total. The minimum absolute atomic E-state index is 0.0534. The van der Waals surface area contributed by atoms with E-state index in [1.165, 1.54) is 27.8 Å². The van der Waals surface area contributed by atoms with Gasteiger partial charge < -0.3 is 0 Å². The van der Waals surface area contributed by atoms with Gasteiger partial charge in [-0.15, -0.1) is 11.6 Å². The van der Waals surface area contributed by atoms with Crippen molar-refractivity contribution in [2.45, 2.75) is 45.4 Å². The first-order chi connectivity index (χ1) is 9.71. The third-order valence-electron chi connectivity index (χ3n) is 3.99. The van der Waals surface area contributed by atoms with Crippen LogP contribution in [0.1, 0.15) is 54.0 Å². The predicted molar refractivity (Wildman–Crippen MR) is 88.7 cm³/mol. The fourth-order valence-corrected chi connectivity index (χ4v) is 3.11. The molecule has 0 saturated heterocycles. The number of alkyl halides is 1. The molecular formula is C19H23Cl. The van der Waals surface area contributed by atoms with Gasteiger partial charge in [0, 0.05) is 0 Å². The zero-order valence-electron chi connectivity index (χ0n) is 12.6. The smallest absolute Gasteiger partial charge is 0.0838 e. The Bertz CT molecular complexity index is 572. The monoisotopic (exact) mass is 286 g/mol. The van der Waals surface area contributed by atoms with E-state index < -0.39 is 0 Å². The molecule has 0 bridgehead atoms. The van der Waals surface area contributed by atoms with E-state index in [0.717, 1.165) is 19.3 Å². The summed E-state index contributed by atoms with van der Waals surface area (Å²) in [6.45, 7) is 6.60. The summed E-state index contributed by atoms with van der Waals surface area (Å²) in [4.78, 5) is 0. The lowest BCUT2D eigenvalue weighted by Crippen LogP contribution is -2.00. The first kappa shape index (κ1) is 15.1. The quantitative estimate of drug-likeness (QED) is 0.618. The molecule has 0 aliphatic heterocycles. The molecule has 0 amide bonds. The van der Waals surface area contributed by atoms with Crippen LogP contribution in [0.3, 0.4) is 0 Å². The molecule has 20 heavy (non-hydrogen) atoms. The van der Waals surface area contributed by atoms with Crippen LogP contribution in [0.15, 0.2) is 42.5 Å². The van der Waals surface area contributed by atoms with Crippen molar-refractivity contribution in [1.82, 2.24) is 0 Å². The van der Waals surface area contributed by atoms with Crippen molar-refractivity contribution in [3.05, 3.63) is 70.3 Å². The number of hydrogen-bond acceptors (Lipinski definition) is 0. The first-order valence-corrected chi connectivity index (χ1v) is 7.98. The van der Waals surface area contributed by atoms with Gasteiger partial charge in [0.1, 0.15) is 0 Å². The highest BCUT2D eigenvalue weighted by Crippen LogP contribution is 2.32. The number of aryl methyl sites for hydroxylation is 3. The molecule has 0 aromatic heterocycles. The van der Waals surface area contributed by atoms with Crippen LogP contribution in [0.25, 0.3) is 0 Å². The van der Waals surface area contributed by atoms with Crippen molar-refractivity contribution in [3.63, 3.8) is 0 Å². The molecule has 1 unspecified atom stereocenters. The van der Waals surface area contributed by atoms with Crippen LogP contribution >= 0.6 is 11.6 Å². The van der Waals surface area contributed by atoms with Crippen LogP contribution in [0.2, 0.25) is 0 Å². The van der Waals surface area contributed by atoms with Crippen LogP contribution in [0.5, 0.6) is 0 Å². The van der Waals surface area contributed by atoms with Gasteiger partial charge in [-0.2, -0.15) is 0 Å². The normalized spacial score (nSPS) is 12.4. The Morgan fingerprint density at radius 1 is 0.800 bits per heavy atom. The van der Waals surface area contributed by atoms with Crippen LogP contribution < -0.4 is 0 Å². The lowest BCUT2D eigenvalue weighted by molar-refractivity contribution is 1.00. The molecule has 0 saturated carbocycles.